The molecule has 0 radical (unpaired) electrons. The summed E-state index contributed by atoms with van der Waals surface area (Å²) in [7, 11) is -2.32. The van der Waals surface area contributed by atoms with Gasteiger partial charge in [-0.05, 0) is 23.8 Å². The second-order valence-electron chi connectivity index (χ2n) is 6.60. The van der Waals surface area contributed by atoms with E-state index in [4.69, 9.17) is 4.74 Å². The highest BCUT2D eigenvalue weighted by Gasteiger charge is 2.24. The van der Waals surface area contributed by atoms with Crippen LogP contribution in [0.15, 0.2) is 57.6 Å². The van der Waals surface area contributed by atoms with Gasteiger partial charge in [-0.3, -0.25) is 9.59 Å². The van der Waals surface area contributed by atoms with E-state index in [2.05, 4.69) is 10.3 Å². The second-order valence-corrected chi connectivity index (χ2v) is 8.43. The Balaban J connectivity index is 1.68. The number of rotatable bonds is 5. The van der Waals surface area contributed by atoms with Gasteiger partial charge in [-0.2, -0.15) is 0 Å². The lowest BCUT2D eigenvalue weighted by Crippen LogP contribution is -2.38. The van der Waals surface area contributed by atoms with Crippen LogP contribution in [-0.2, 0) is 27.5 Å². The van der Waals surface area contributed by atoms with Crippen LogP contribution in [0.5, 0.6) is 0 Å². The first-order valence-corrected chi connectivity index (χ1v) is 10.7. The summed E-state index contributed by atoms with van der Waals surface area (Å²) in [4.78, 5) is 40.7. The average Bonchev–Trinajstić information content (AvgIpc) is 2.75. The molecule has 1 aromatic carbocycles. The van der Waals surface area contributed by atoms with Gasteiger partial charge in [0.2, 0.25) is 0 Å². The number of nitrogens with one attached hydrogen (secondary N) is 2. The summed E-state index contributed by atoms with van der Waals surface area (Å²) in [5, 5.41) is 3.51. The van der Waals surface area contributed by atoms with Gasteiger partial charge in [0, 0.05) is 30.6 Å². The number of amides is 2. The van der Waals surface area contributed by atoms with Gasteiger partial charge in [-0.1, -0.05) is 24.3 Å². The van der Waals surface area contributed by atoms with E-state index in [-0.39, 0.29) is 23.5 Å². The molecule has 1 aromatic heterocycles. The van der Waals surface area contributed by atoms with Gasteiger partial charge in [-0.25, -0.2) is 13.2 Å². The van der Waals surface area contributed by atoms with Crippen LogP contribution in [0.25, 0.3) is 0 Å². The number of pyridine rings is 1. The third-order valence-corrected chi connectivity index (χ3v) is 6.09. The summed E-state index contributed by atoms with van der Waals surface area (Å²) in [6.45, 7) is 0.547. The molecule has 0 unspecified atom stereocenters. The molecule has 0 spiro atoms. The van der Waals surface area contributed by atoms with Crippen LogP contribution >= 0.6 is 0 Å². The first-order chi connectivity index (χ1) is 14.3. The molecule has 1 aliphatic rings. The van der Waals surface area contributed by atoms with Crippen molar-refractivity contribution in [1.82, 2.24) is 15.2 Å². The summed E-state index contributed by atoms with van der Waals surface area (Å²) in [6.07, 6.45) is 1.26. The maximum Gasteiger partial charge on any atom is 0.409 e. The number of carbonyl (C=O) groups excluding carboxylic acids is 2. The maximum absolute atomic E-state index is 12.4. The molecule has 9 nitrogen and oxygen atoms in total. The predicted octanol–water partition coefficient (Wildman–Crippen LogP) is 1.22. The van der Waals surface area contributed by atoms with Gasteiger partial charge in [0.25, 0.3) is 11.5 Å². The molecule has 158 valence electrons. The number of benzene rings is 1. The third kappa shape index (κ3) is 4.77. The lowest BCUT2D eigenvalue weighted by Gasteiger charge is -2.27. The quantitative estimate of drug-likeness (QED) is 0.733. The van der Waals surface area contributed by atoms with Crippen molar-refractivity contribution >= 4 is 21.8 Å². The minimum Gasteiger partial charge on any atom is -0.453 e. The number of aromatic amines is 1. The number of sulfone groups is 1. The number of nitrogens with zero attached hydrogens (tertiary/aromatic N) is 1. The largest absolute Gasteiger partial charge is 0.453 e. The Kier molecular flexibility index (Phi) is 6.36. The number of hydrogen-bond acceptors (Lipinski definition) is 6. The zero-order valence-electron chi connectivity index (χ0n) is 16.3. The fourth-order valence-electron chi connectivity index (χ4n) is 3.07. The molecule has 3 rings (SSSR count). The highest BCUT2D eigenvalue weighted by molar-refractivity contribution is 7.94. The van der Waals surface area contributed by atoms with Crippen molar-refractivity contribution in [3.63, 3.8) is 0 Å². The summed E-state index contributed by atoms with van der Waals surface area (Å²) in [5.41, 5.74) is 0.669. The summed E-state index contributed by atoms with van der Waals surface area (Å²) in [5.74, 6) is -0.643. The van der Waals surface area contributed by atoms with Crippen LogP contribution in [0.1, 0.15) is 21.6 Å². The minimum atomic E-state index is -3.61. The van der Waals surface area contributed by atoms with Crippen LogP contribution in [0.4, 0.5) is 4.79 Å². The van der Waals surface area contributed by atoms with E-state index >= 15 is 0 Å². The standard InChI is InChI=1S/C20H21N3O6S/c1-29-20(26)23-10-8-17-14(13-23)12-16(19(25)22-17)18(24)21-9-5-11-30(27,28)15-6-3-2-4-7-15/h2-7,11-12H,8-10,13H2,1H3,(H,21,24)(H,22,25)/b11-5+. The third-order valence-electron chi connectivity index (χ3n) is 4.61. The average molecular weight is 431 g/mol. The van der Waals surface area contributed by atoms with Crippen molar-refractivity contribution in [1.29, 1.82) is 0 Å². The van der Waals surface area contributed by atoms with Crippen molar-refractivity contribution < 1.29 is 22.7 Å². The molecule has 2 aromatic rings. The smallest absolute Gasteiger partial charge is 0.409 e. The molecule has 10 heteroatoms. The summed E-state index contributed by atoms with van der Waals surface area (Å²) in [6, 6.07) is 9.34. The number of methoxy groups -OCH3 is 1. The molecule has 0 aliphatic carbocycles. The van der Waals surface area contributed by atoms with Crippen molar-refractivity contribution in [3.8, 4) is 0 Å². The van der Waals surface area contributed by atoms with Gasteiger partial charge < -0.3 is 19.9 Å². The van der Waals surface area contributed by atoms with Gasteiger partial charge in [0.1, 0.15) is 5.56 Å². The van der Waals surface area contributed by atoms with E-state index in [9.17, 15) is 22.8 Å². The number of H-pyrrole nitrogens is 1. The second kappa shape index (κ2) is 8.95. The molecule has 1 aliphatic heterocycles. The molecule has 2 N–H and O–H groups in total. The van der Waals surface area contributed by atoms with E-state index in [1.807, 2.05) is 0 Å². The van der Waals surface area contributed by atoms with E-state index < -0.39 is 27.4 Å². The van der Waals surface area contributed by atoms with Crippen LogP contribution in [-0.4, -0.2) is 50.5 Å². The van der Waals surface area contributed by atoms with Gasteiger partial charge >= 0.3 is 6.09 Å². The molecule has 0 saturated heterocycles. The number of ether oxygens (including phenoxy) is 1. The Morgan fingerprint density at radius 1 is 1.27 bits per heavy atom. The number of carbonyl (C=O) groups is 2. The van der Waals surface area contributed by atoms with Gasteiger partial charge in [-0.15, -0.1) is 0 Å². The molecule has 2 amide bonds. The monoisotopic (exact) mass is 431 g/mol. The Labute approximate surface area is 173 Å². The summed E-state index contributed by atoms with van der Waals surface area (Å²) >= 11 is 0. The molecule has 0 atom stereocenters. The Hall–Kier alpha value is -3.40. The van der Waals surface area contributed by atoms with Crippen LogP contribution < -0.4 is 10.9 Å². The predicted molar refractivity (Wildman–Crippen MR) is 109 cm³/mol. The minimum absolute atomic E-state index is 0.0737. The Morgan fingerprint density at radius 3 is 2.70 bits per heavy atom. The lowest BCUT2D eigenvalue weighted by atomic mass is 10.0. The fourth-order valence-corrected chi connectivity index (χ4v) is 4.11. The maximum atomic E-state index is 12.4. The van der Waals surface area contributed by atoms with E-state index in [0.29, 0.717) is 24.2 Å². The van der Waals surface area contributed by atoms with E-state index in [1.165, 1.54) is 36.3 Å². The lowest BCUT2D eigenvalue weighted by molar-refractivity contribution is 0.0956. The first kappa shape index (κ1) is 21.3. The number of fused-ring (bicyclic) bond motifs is 1. The molecule has 2 heterocycles. The van der Waals surface area contributed by atoms with E-state index in [0.717, 1.165) is 5.41 Å². The van der Waals surface area contributed by atoms with Crippen molar-refractivity contribution in [2.24, 2.45) is 0 Å². The van der Waals surface area contributed by atoms with Crippen LogP contribution in [0.3, 0.4) is 0 Å². The zero-order valence-corrected chi connectivity index (χ0v) is 17.1. The molecule has 30 heavy (non-hydrogen) atoms. The van der Waals surface area contributed by atoms with Gasteiger partial charge in [0.05, 0.1) is 18.6 Å². The fraction of sp³-hybridized carbons (Fsp3) is 0.250. The molecule has 0 bridgehead atoms. The molecule has 0 fully saturated rings. The van der Waals surface area contributed by atoms with E-state index in [1.54, 1.807) is 18.2 Å². The van der Waals surface area contributed by atoms with Gasteiger partial charge in [0.15, 0.2) is 9.84 Å². The Morgan fingerprint density at radius 2 is 2.00 bits per heavy atom. The van der Waals surface area contributed by atoms with Crippen LogP contribution in [0, 0.1) is 0 Å². The van der Waals surface area contributed by atoms with Crippen molar-refractivity contribution in [2.75, 3.05) is 20.2 Å². The normalized spacial score (nSPS) is 13.7. The highest BCUT2D eigenvalue weighted by atomic mass is 32.2. The highest BCUT2D eigenvalue weighted by Crippen LogP contribution is 2.17. The topological polar surface area (TPSA) is 126 Å². The molecule has 0 saturated carbocycles. The SMILES string of the molecule is COC(=O)N1CCc2[nH]c(=O)c(C(=O)NC/C=C/S(=O)(=O)c3ccccc3)cc2C1. The van der Waals surface area contributed by atoms with Crippen molar-refractivity contribution in [2.45, 2.75) is 17.9 Å². The van der Waals surface area contributed by atoms with Crippen LogP contribution in [0.2, 0.25) is 0 Å². The number of hydrogen-bond donors (Lipinski definition) is 2. The van der Waals surface area contributed by atoms with Crippen molar-refractivity contribution in [3.05, 3.63) is 75.1 Å². The summed E-state index contributed by atoms with van der Waals surface area (Å²) < 4.78 is 29.1. The molecular weight excluding hydrogens is 410 g/mol. The number of aromatic nitrogens is 1. The Bertz CT molecular complexity index is 1140. The first-order valence-electron chi connectivity index (χ1n) is 9.14. The molecular formula is C20H21N3O6S. The zero-order chi connectivity index (χ0) is 21.7.